The van der Waals surface area contributed by atoms with Crippen LogP contribution in [0.1, 0.15) is 29.2 Å². The van der Waals surface area contributed by atoms with Crippen molar-refractivity contribution in [2.24, 2.45) is 0 Å². The average Bonchev–Trinajstić information content (AvgIpc) is 2.46. The zero-order valence-electron chi connectivity index (χ0n) is 10.7. The van der Waals surface area contributed by atoms with Crippen LogP contribution in [0.5, 0.6) is 0 Å². The maximum Gasteiger partial charge on any atom is 0.416 e. The molecule has 1 N–H and O–H groups in total. The van der Waals surface area contributed by atoms with Gasteiger partial charge in [-0.3, -0.25) is 0 Å². The first-order valence-electron chi connectivity index (χ1n) is 6.55. The molecular formula is C16H14F3N. The van der Waals surface area contributed by atoms with Crippen LogP contribution in [-0.4, -0.2) is 0 Å². The van der Waals surface area contributed by atoms with Crippen LogP contribution in [0.15, 0.2) is 48.5 Å². The molecule has 2 aromatic carbocycles. The molecular weight excluding hydrogens is 263 g/mol. The Morgan fingerprint density at radius 2 is 1.80 bits per heavy atom. The van der Waals surface area contributed by atoms with Gasteiger partial charge in [0.25, 0.3) is 0 Å². The summed E-state index contributed by atoms with van der Waals surface area (Å²) >= 11 is 0. The smallest absolute Gasteiger partial charge is 0.378 e. The maximum absolute atomic E-state index is 12.8. The van der Waals surface area contributed by atoms with E-state index in [9.17, 15) is 13.2 Å². The van der Waals surface area contributed by atoms with Gasteiger partial charge in [-0.25, -0.2) is 0 Å². The fourth-order valence-electron chi connectivity index (χ4n) is 2.62. The second-order valence-electron chi connectivity index (χ2n) is 5.02. The number of halogens is 3. The lowest BCUT2D eigenvalue weighted by Crippen LogP contribution is -2.18. The van der Waals surface area contributed by atoms with Crippen LogP contribution < -0.4 is 5.32 Å². The minimum Gasteiger partial charge on any atom is -0.378 e. The van der Waals surface area contributed by atoms with E-state index in [0.717, 1.165) is 24.6 Å². The lowest BCUT2D eigenvalue weighted by molar-refractivity contribution is -0.137. The average molecular weight is 277 g/mol. The molecule has 0 fully saturated rings. The molecule has 1 aliphatic heterocycles. The predicted molar refractivity (Wildman–Crippen MR) is 72.6 cm³/mol. The van der Waals surface area contributed by atoms with Gasteiger partial charge in [-0.2, -0.15) is 13.2 Å². The molecule has 3 rings (SSSR count). The van der Waals surface area contributed by atoms with E-state index in [0.29, 0.717) is 5.56 Å². The molecule has 0 aromatic heterocycles. The highest BCUT2D eigenvalue weighted by atomic mass is 19.4. The molecule has 1 atom stereocenters. The maximum atomic E-state index is 12.8. The summed E-state index contributed by atoms with van der Waals surface area (Å²) in [5.41, 5.74) is 2.34. The molecule has 0 saturated carbocycles. The summed E-state index contributed by atoms with van der Waals surface area (Å²) in [6.07, 6.45) is -2.61. The molecule has 0 bridgehead atoms. The highest BCUT2D eigenvalue weighted by Crippen LogP contribution is 2.35. The van der Waals surface area contributed by atoms with Crippen molar-refractivity contribution in [1.29, 1.82) is 0 Å². The molecule has 20 heavy (non-hydrogen) atoms. The van der Waals surface area contributed by atoms with Gasteiger partial charge in [0, 0.05) is 5.69 Å². The number of anilines is 1. The summed E-state index contributed by atoms with van der Waals surface area (Å²) < 4.78 is 38.3. The fraction of sp³-hybridized carbons (Fsp3) is 0.250. The van der Waals surface area contributed by atoms with Gasteiger partial charge in [0.05, 0.1) is 11.6 Å². The molecule has 0 radical (unpaired) electrons. The van der Waals surface area contributed by atoms with Crippen molar-refractivity contribution in [1.82, 2.24) is 0 Å². The van der Waals surface area contributed by atoms with Crippen molar-refractivity contribution < 1.29 is 13.2 Å². The first-order chi connectivity index (χ1) is 9.54. The van der Waals surface area contributed by atoms with Crippen LogP contribution in [0.2, 0.25) is 0 Å². The molecule has 0 amide bonds. The van der Waals surface area contributed by atoms with Gasteiger partial charge in [0.15, 0.2) is 0 Å². The van der Waals surface area contributed by atoms with Gasteiger partial charge in [0.2, 0.25) is 0 Å². The number of rotatable bonds is 1. The summed E-state index contributed by atoms with van der Waals surface area (Å²) in [5, 5.41) is 3.32. The van der Waals surface area contributed by atoms with E-state index in [4.69, 9.17) is 0 Å². The van der Waals surface area contributed by atoms with Gasteiger partial charge in [-0.1, -0.05) is 30.3 Å². The number of hydrogen-bond acceptors (Lipinski definition) is 1. The van der Waals surface area contributed by atoms with Crippen molar-refractivity contribution in [3.63, 3.8) is 0 Å². The van der Waals surface area contributed by atoms with E-state index in [1.165, 1.54) is 17.7 Å². The largest absolute Gasteiger partial charge is 0.416 e. The Balaban J connectivity index is 1.88. The van der Waals surface area contributed by atoms with Crippen LogP contribution in [0, 0.1) is 0 Å². The van der Waals surface area contributed by atoms with Crippen LogP contribution in [0.25, 0.3) is 0 Å². The van der Waals surface area contributed by atoms with Gasteiger partial charge in [-0.15, -0.1) is 0 Å². The zero-order valence-corrected chi connectivity index (χ0v) is 10.7. The minimum absolute atomic E-state index is 0.0628. The molecule has 1 unspecified atom stereocenters. The predicted octanol–water partition coefficient (Wildman–Crippen LogP) is 4.80. The van der Waals surface area contributed by atoms with Gasteiger partial charge in [0.1, 0.15) is 0 Å². The van der Waals surface area contributed by atoms with Crippen LogP contribution in [0.3, 0.4) is 0 Å². The molecule has 104 valence electrons. The summed E-state index contributed by atoms with van der Waals surface area (Å²) in [6.45, 7) is 0. The molecule has 1 heterocycles. The summed E-state index contributed by atoms with van der Waals surface area (Å²) in [5.74, 6) is 0. The lowest BCUT2D eigenvalue weighted by atomic mass is 9.92. The first-order valence-corrected chi connectivity index (χ1v) is 6.55. The van der Waals surface area contributed by atoms with E-state index in [1.54, 1.807) is 6.07 Å². The third-order valence-corrected chi connectivity index (χ3v) is 3.67. The number of para-hydroxylation sites is 1. The molecule has 0 aliphatic carbocycles. The molecule has 1 aliphatic rings. The molecule has 2 aromatic rings. The van der Waals surface area contributed by atoms with Gasteiger partial charge >= 0.3 is 6.18 Å². The number of fused-ring (bicyclic) bond motifs is 1. The van der Waals surface area contributed by atoms with Crippen molar-refractivity contribution >= 4 is 5.69 Å². The lowest BCUT2D eigenvalue weighted by Gasteiger charge is -2.27. The van der Waals surface area contributed by atoms with Crippen molar-refractivity contribution in [3.8, 4) is 0 Å². The van der Waals surface area contributed by atoms with Crippen molar-refractivity contribution in [2.75, 3.05) is 5.32 Å². The Morgan fingerprint density at radius 1 is 1.00 bits per heavy atom. The number of aryl methyl sites for hydroxylation is 1. The number of benzene rings is 2. The van der Waals surface area contributed by atoms with E-state index in [-0.39, 0.29) is 6.04 Å². The highest BCUT2D eigenvalue weighted by molar-refractivity contribution is 5.55. The quantitative estimate of drug-likeness (QED) is 0.789. The first kappa shape index (κ1) is 13.0. The Labute approximate surface area is 115 Å². The normalized spacial score (nSPS) is 18.2. The van der Waals surface area contributed by atoms with Crippen molar-refractivity contribution in [3.05, 3.63) is 65.2 Å². The van der Waals surface area contributed by atoms with E-state index in [1.807, 2.05) is 24.3 Å². The van der Waals surface area contributed by atoms with E-state index in [2.05, 4.69) is 5.32 Å². The Bertz CT molecular complexity index is 619. The monoisotopic (exact) mass is 277 g/mol. The third kappa shape index (κ3) is 2.50. The SMILES string of the molecule is FC(F)(F)c1cccc(C2CCc3ccccc3N2)c1. The highest BCUT2D eigenvalue weighted by Gasteiger charge is 2.31. The second-order valence-corrected chi connectivity index (χ2v) is 5.02. The molecule has 0 spiro atoms. The zero-order chi connectivity index (χ0) is 14.2. The summed E-state index contributed by atoms with van der Waals surface area (Å²) in [7, 11) is 0. The number of nitrogens with one attached hydrogen (secondary N) is 1. The van der Waals surface area contributed by atoms with Gasteiger partial charge < -0.3 is 5.32 Å². The van der Waals surface area contributed by atoms with Crippen molar-refractivity contribution in [2.45, 2.75) is 25.1 Å². The summed E-state index contributed by atoms with van der Waals surface area (Å²) in [6, 6.07) is 13.4. The van der Waals surface area contributed by atoms with E-state index >= 15 is 0 Å². The fourth-order valence-corrected chi connectivity index (χ4v) is 2.62. The van der Waals surface area contributed by atoms with Gasteiger partial charge in [-0.05, 0) is 42.2 Å². The molecule has 4 heteroatoms. The topological polar surface area (TPSA) is 12.0 Å². The Hall–Kier alpha value is -1.97. The number of hydrogen-bond donors (Lipinski definition) is 1. The summed E-state index contributed by atoms with van der Waals surface area (Å²) in [4.78, 5) is 0. The van der Waals surface area contributed by atoms with Crippen LogP contribution in [0.4, 0.5) is 18.9 Å². The standard InChI is InChI=1S/C16H14F3N/c17-16(18,19)13-6-3-5-12(10-13)15-9-8-11-4-1-2-7-14(11)20-15/h1-7,10,15,20H,8-9H2. The van der Waals surface area contributed by atoms with E-state index < -0.39 is 11.7 Å². The van der Waals surface area contributed by atoms with Crippen LogP contribution >= 0.6 is 0 Å². The Kier molecular flexibility index (Phi) is 3.16. The molecule has 1 nitrogen and oxygen atoms in total. The Morgan fingerprint density at radius 3 is 2.60 bits per heavy atom. The van der Waals surface area contributed by atoms with Crippen LogP contribution in [-0.2, 0) is 12.6 Å². The second kappa shape index (κ2) is 4.85. The minimum atomic E-state index is -4.29. The third-order valence-electron chi connectivity index (χ3n) is 3.67. The molecule has 0 saturated heterocycles. The number of alkyl halides is 3.